The number of ether oxygens (including phenoxy) is 1. The van der Waals surface area contributed by atoms with Crippen molar-refractivity contribution in [1.29, 1.82) is 0 Å². The van der Waals surface area contributed by atoms with Crippen molar-refractivity contribution >= 4 is 20.4 Å². The number of fused-ring (bicyclic) bond motifs is 2. The number of hydrogen-bond acceptors (Lipinski definition) is 4. The Labute approximate surface area is 168 Å². The maximum atomic E-state index is 13.0. The Bertz CT molecular complexity index is 726. The summed E-state index contributed by atoms with van der Waals surface area (Å²) in [4.78, 5) is 0. The summed E-state index contributed by atoms with van der Waals surface area (Å²) >= 11 is 0. The Morgan fingerprint density at radius 2 is 1.71 bits per heavy atom. The minimum Gasteiger partial charge on any atom is -0.376 e. The van der Waals surface area contributed by atoms with Gasteiger partial charge in [-0.05, 0) is 41.3 Å². The van der Waals surface area contributed by atoms with Gasteiger partial charge in [-0.25, -0.2) is 3.63 Å². The van der Waals surface area contributed by atoms with E-state index >= 15 is 0 Å². The van der Waals surface area contributed by atoms with Crippen LogP contribution in [0, 0.1) is 22.2 Å². The average Bonchev–Trinajstić information content (AvgIpc) is 2.81. The molecule has 28 heavy (non-hydrogen) atoms. The highest BCUT2D eigenvalue weighted by Gasteiger charge is 2.70. The van der Waals surface area contributed by atoms with E-state index in [-0.39, 0.29) is 22.2 Å². The van der Waals surface area contributed by atoms with Crippen molar-refractivity contribution in [3.8, 4) is 0 Å². The minimum absolute atomic E-state index is 0.0103. The highest BCUT2D eigenvalue weighted by molar-refractivity contribution is 8.35. The van der Waals surface area contributed by atoms with Crippen LogP contribution in [-0.4, -0.2) is 38.1 Å². The van der Waals surface area contributed by atoms with E-state index in [1.807, 2.05) is 20.8 Å². The van der Waals surface area contributed by atoms with Gasteiger partial charge in [0, 0.05) is 10.7 Å². The van der Waals surface area contributed by atoms with Gasteiger partial charge in [-0.1, -0.05) is 58.4 Å². The molecule has 0 saturated heterocycles. The van der Waals surface area contributed by atoms with Gasteiger partial charge in [-0.3, -0.25) is 0 Å². The van der Waals surface area contributed by atoms with Gasteiger partial charge in [0.1, 0.15) is 0 Å². The molecule has 0 amide bonds. The zero-order valence-electron chi connectivity index (χ0n) is 17.7. The largest absolute Gasteiger partial charge is 0.523 e. The molecule has 0 heterocycles. The second-order valence-corrected chi connectivity index (χ2v) is 14.9. The number of alkyl halides is 3. The fourth-order valence-electron chi connectivity index (χ4n) is 4.83. The topological polar surface area (TPSA) is 52.6 Å². The lowest BCUT2D eigenvalue weighted by molar-refractivity contribution is -0.0680. The van der Waals surface area contributed by atoms with Gasteiger partial charge >= 0.3 is 15.6 Å². The highest BCUT2D eigenvalue weighted by Crippen LogP contribution is 2.75. The van der Waals surface area contributed by atoms with Crippen LogP contribution in [0.15, 0.2) is 12.0 Å². The van der Waals surface area contributed by atoms with E-state index in [9.17, 15) is 21.6 Å². The van der Waals surface area contributed by atoms with Crippen LogP contribution >= 0.6 is 10.3 Å². The maximum absolute atomic E-state index is 13.0. The molecule has 2 bridgehead atoms. The van der Waals surface area contributed by atoms with E-state index in [0.717, 1.165) is 12.8 Å². The molecule has 166 valence electrons. The molecule has 4 nitrogen and oxygen atoms in total. The molecule has 0 aliphatic heterocycles. The van der Waals surface area contributed by atoms with Gasteiger partial charge in [-0.15, -0.1) is 0 Å². The smallest absolute Gasteiger partial charge is 0.376 e. The molecule has 2 fully saturated rings. The predicted molar refractivity (Wildman–Crippen MR) is 107 cm³/mol. The first-order chi connectivity index (χ1) is 12.3. The minimum atomic E-state index is -5.74. The molecule has 5 atom stereocenters. The lowest BCUT2D eigenvalue weighted by Crippen LogP contribution is -2.45. The van der Waals surface area contributed by atoms with Gasteiger partial charge in [0.05, 0.1) is 12.7 Å². The fourth-order valence-corrected chi connectivity index (χ4v) is 9.48. The third-order valence-electron chi connectivity index (χ3n) is 6.78. The lowest BCUT2D eigenvalue weighted by Gasteiger charge is -2.47. The molecule has 0 N–H and O–H groups in total. The Kier molecular flexibility index (Phi) is 5.91. The number of halogens is 3. The van der Waals surface area contributed by atoms with Gasteiger partial charge in [0.25, 0.3) is 0 Å². The standard InChI is InChI=1S/C19H33F3O4S2/c1-9-27(8,26-28(23,24)19(20,21)22)14-13-10-11-18(7,17(13,5)6)15(14)25-12-16(2,3)4/h9,13-15H,1,10-12H2,2-8H3/t13-,14-,15-,18+/m1/s1. The van der Waals surface area contributed by atoms with E-state index in [1.54, 1.807) is 0 Å². The van der Waals surface area contributed by atoms with E-state index in [4.69, 9.17) is 8.37 Å². The lowest BCUT2D eigenvalue weighted by atomic mass is 9.70. The van der Waals surface area contributed by atoms with Crippen LogP contribution in [0.2, 0.25) is 0 Å². The second kappa shape index (κ2) is 6.89. The zero-order valence-corrected chi connectivity index (χ0v) is 19.4. The second-order valence-electron chi connectivity index (χ2n) is 10.1. The quantitative estimate of drug-likeness (QED) is 0.498. The van der Waals surface area contributed by atoms with Crippen molar-refractivity contribution in [3.05, 3.63) is 12.0 Å². The SMILES string of the molecule is C=CS(C)(OS(=O)(=O)C(F)(F)F)[C@@H]1[C@H]2CC[C@@](C)([C@@H]1OCC(C)(C)C)C2(C)C. The van der Waals surface area contributed by atoms with Crippen molar-refractivity contribution in [2.45, 2.75) is 71.2 Å². The summed E-state index contributed by atoms with van der Waals surface area (Å²) in [7, 11) is -8.56. The molecular weight excluding hydrogens is 413 g/mol. The summed E-state index contributed by atoms with van der Waals surface area (Å²) in [5, 5.41) is 0.799. The van der Waals surface area contributed by atoms with E-state index in [2.05, 4.69) is 27.4 Å². The van der Waals surface area contributed by atoms with Crippen LogP contribution < -0.4 is 0 Å². The van der Waals surface area contributed by atoms with Gasteiger partial charge < -0.3 is 4.74 Å². The van der Waals surface area contributed by atoms with Crippen molar-refractivity contribution in [2.75, 3.05) is 12.9 Å². The van der Waals surface area contributed by atoms with Gasteiger partial charge in [0.2, 0.25) is 0 Å². The molecule has 2 aliphatic rings. The van der Waals surface area contributed by atoms with E-state index in [0.29, 0.717) is 6.61 Å². The summed E-state index contributed by atoms with van der Waals surface area (Å²) in [5.41, 5.74) is -6.10. The highest BCUT2D eigenvalue weighted by atomic mass is 32.3. The van der Waals surface area contributed by atoms with E-state index < -0.39 is 37.3 Å². The monoisotopic (exact) mass is 446 g/mol. The van der Waals surface area contributed by atoms with Gasteiger partial charge in [0.15, 0.2) is 0 Å². The molecule has 2 saturated carbocycles. The van der Waals surface area contributed by atoms with Crippen molar-refractivity contribution in [3.63, 3.8) is 0 Å². The molecule has 0 spiro atoms. The summed E-state index contributed by atoms with van der Waals surface area (Å²) in [5.74, 6) is -0.0103. The van der Waals surface area contributed by atoms with Crippen molar-refractivity contribution in [2.24, 2.45) is 22.2 Å². The van der Waals surface area contributed by atoms with Crippen LogP contribution in [-0.2, 0) is 18.5 Å². The Balaban J connectivity index is 2.50. The molecule has 9 heteroatoms. The van der Waals surface area contributed by atoms with Crippen LogP contribution in [0.5, 0.6) is 0 Å². The van der Waals surface area contributed by atoms with Crippen molar-refractivity contribution in [1.82, 2.24) is 0 Å². The number of rotatable bonds is 6. The predicted octanol–water partition coefficient (Wildman–Crippen LogP) is 5.60. The zero-order chi connectivity index (χ0) is 22.0. The Hall–Kier alpha value is -0.250. The normalized spacial score (nSPS) is 36.1. The Morgan fingerprint density at radius 1 is 1.18 bits per heavy atom. The molecule has 0 aromatic carbocycles. The fraction of sp³-hybridized carbons (Fsp3) is 0.895. The molecule has 0 radical (unpaired) electrons. The first-order valence-corrected chi connectivity index (χ1v) is 12.9. The van der Waals surface area contributed by atoms with Crippen LogP contribution in [0.3, 0.4) is 0 Å². The van der Waals surface area contributed by atoms with Crippen LogP contribution in [0.1, 0.15) is 54.4 Å². The molecule has 1 unspecified atom stereocenters. The third kappa shape index (κ3) is 3.76. The number of hydrogen-bond donors (Lipinski definition) is 0. The summed E-state index contributed by atoms with van der Waals surface area (Å²) in [6.07, 6.45) is 2.74. The van der Waals surface area contributed by atoms with E-state index in [1.165, 1.54) is 11.7 Å². The first kappa shape index (κ1) is 24.0. The average molecular weight is 447 g/mol. The molecular formula is C19H33F3O4S2. The molecule has 0 aromatic rings. The summed E-state index contributed by atoms with van der Waals surface area (Å²) < 4.78 is 74.0. The summed E-state index contributed by atoms with van der Waals surface area (Å²) in [6.45, 7) is 16.4. The van der Waals surface area contributed by atoms with Crippen LogP contribution in [0.4, 0.5) is 13.2 Å². The van der Waals surface area contributed by atoms with Crippen molar-refractivity contribution < 1.29 is 30.0 Å². The molecule has 2 aliphatic carbocycles. The molecule has 0 aromatic heterocycles. The van der Waals surface area contributed by atoms with Crippen LogP contribution in [0.25, 0.3) is 0 Å². The molecule has 2 rings (SSSR count). The maximum Gasteiger partial charge on any atom is 0.523 e. The first-order valence-electron chi connectivity index (χ1n) is 9.36. The summed E-state index contributed by atoms with van der Waals surface area (Å²) in [6, 6.07) is 0. The Morgan fingerprint density at radius 3 is 2.14 bits per heavy atom. The third-order valence-corrected chi connectivity index (χ3v) is 11.6. The van der Waals surface area contributed by atoms with Gasteiger partial charge in [-0.2, -0.15) is 21.6 Å².